The van der Waals surface area contributed by atoms with Crippen LogP contribution in [-0.2, 0) is 6.54 Å². The van der Waals surface area contributed by atoms with E-state index in [1.807, 2.05) is 31.2 Å². The van der Waals surface area contributed by atoms with Crippen LogP contribution >= 0.6 is 11.6 Å². The summed E-state index contributed by atoms with van der Waals surface area (Å²) >= 11 is 6.30. The minimum Gasteiger partial charge on any atom is -0.389 e. The number of hydrogen-bond acceptors (Lipinski definition) is 6. The molecular formula is C20H27ClN6O. The van der Waals surface area contributed by atoms with Gasteiger partial charge in [0.05, 0.1) is 12.1 Å². The highest BCUT2D eigenvalue weighted by Gasteiger charge is 2.40. The number of fused-ring (bicyclic) bond motifs is 1. The molecule has 0 spiro atoms. The molecule has 28 heavy (non-hydrogen) atoms. The van der Waals surface area contributed by atoms with E-state index in [4.69, 9.17) is 21.7 Å². The summed E-state index contributed by atoms with van der Waals surface area (Å²) in [6.07, 6.45) is 0.472. The van der Waals surface area contributed by atoms with Gasteiger partial charge in [0.25, 0.3) is 0 Å². The molecule has 2 aromatic rings. The maximum Gasteiger partial charge on any atom is 0.180 e. The number of halogens is 1. The van der Waals surface area contributed by atoms with Crippen molar-refractivity contribution in [1.82, 2.24) is 19.9 Å². The van der Waals surface area contributed by atoms with Crippen molar-refractivity contribution >= 4 is 23.3 Å². The number of rotatable bonds is 3. The highest BCUT2D eigenvalue weighted by atomic mass is 35.5. The molecule has 1 fully saturated rings. The normalized spacial score (nSPS) is 25.4. The Labute approximate surface area is 170 Å². The first-order valence-corrected chi connectivity index (χ1v) is 10.0. The summed E-state index contributed by atoms with van der Waals surface area (Å²) in [7, 11) is 0. The quantitative estimate of drug-likeness (QED) is 0.823. The van der Waals surface area contributed by atoms with Crippen LogP contribution in [0.5, 0.6) is 0 Å². The standard InChI is InChI=1S/C20H27ClN6O/c1-19(2,3)18-22-16-15(17(23-18)26-10-9-20(4,28)12-26)24-27(25-16)11-13-7-5-6-8-14(13)21/h5-8,17,28H,9-12H2,1-4H3,(H,22,23,25)/t17?,20-/m1/s1. The molecule has 8 heteroatoms. The SMILES string of the molecule is CC(C)(C)C1=NC(N2CC[C@@](C)(O)C2)c2nn(Cc3ccccc3Cl)nc2N1. The summed E-state index contributed by atoms with van der Waals surface area (Å²) in [5.41, 5.74) is 0.910. The second-order valence-electron chi connectivity index (χ2n) is 9.00. The molecule has 150 valence electrons. The number of aromatic nitrogens is 3. The average molecular weight is 403 g/mol. The van der Waals surface area contributed by atoms with Crippen molar-refractivity contribution < 1.29 is 5.11 Å². The monoisotopic (exact) mass is 402 g/mol. The van der Waals surface area contributed by atoms with Gasteiger partial charge in [-0.1, -0.05) is 50.6 Å². The molecule has 4 rings (SSSR count). The Hall–Kier alpha value is -1.96. The topological polar surface area (TPSA) is 78.6 Å². The lowest BCUT2D eigenvalue weighted by atomic mass is 9.94. The smallest absolute Gasteiger partial charge is 0.180 e. The number of amidine groups is 1. The lowest BCUT2D eigenvalue weighted by Gasteiger charge is -2.32. The maximum atomic E-state index is 10.4. The second kappa shape index (κ2) is 6.83. The highest BCUT2D eigenvalue weighted by Crippen LogP contribution is 2.37. The largest absolute Gasteiger partial charge is 0.389 e. The third-order valence-corrected chi connectivity index (χ3v) is 5.59. The van der Waals surface area contributed by atoms with Crippen molar-refractivity contribution in [2.75, 3.05) is 18.4 Å². The van der Waals surface area contributed by atoms with Crippen LogP contribution in [0.25, 0.3) is 0 Å². The van der Waals surface area contributed by atoms with Crippen LogP contribution in [-0.4, -0.2) is 49.5 Å². The summed E-state index contributed by atoms with van der Waals surface area (Å²) in [5, 5.41) is 23.9. The van der Waals surface area contributed by atoms with Crippen LogP contribution in [0.3, 0.4) is 0 Å². The van der Waals surface area contributed by atoms with Gasteiger partial charge in [0.15, 0.2) is 12.0 Å². The number of benzene rings is 1. The number of aliphatic hydroxyl groups is 1. The number of nitrogens with zero attached hydrogens (tertiary/aromatic N) is 5. The molecule has 3 heterocycles. The van der Waals surface area contributed by atoms with Crippen molar-refractivity contribution in [3.05, 3.63) is 40.5 Å². The van der Waals surface area contributed by atoms with Gasteiger partial charge in [0, 0.05) is 23.5 Å². The van der Waals surface area contributed by atoms with E-state index in [-0.39, 0.29) is 11.6 Å². The lowest BCUT2D eigenvalue weighted by molar-refractivity contribution is 0.0622. The first-order valence-electron chi connectivity index (χ1n) is 9.63. The molecular weight excluding hydrogens is 376 g/mol. The van der Waals surface area contributed by atoms with Gasteiger partial charge in [0.1, 0.15) is 11.5 Å². The minimum atomic E-state index is -0.698. The van der Waals surface area contributed by atoms with E-state index >= 15 is 0 Å². The first-order chi connectivity index (χ1) is 13.1. The number of aliphatic imine (C=N–C) groups is 1. The third kappa shape index (κ3) is 3.79. The van der Waals surface area contributed by atoms with Crippen LogP contribution in [0.15, 0.2) is 29.3 Å². The van der Waals surface area contributed by atoms with Crippen molar-refractivity contribution in [3.63, 3.8) is 0 Å². The number of β-amino-alcohol motifs (C(OH)–C–C–N with tert-alkyl or cyclic N) is 1. The Kier molecular flexibility index (Phi) is 4.72. The molecule has 2 aliphatic heterocycles. The first kappa shape index (κ1) is 19.4. The maximum absolute atomic E-state index is 10.4. The van der Waals surface area contributed by atoms with E-state index < -0.39 is 5.60 Å². The van der Waals surface area contributed by atoms with Gasteiger partial charge in [-0.2, -0.15) is 9.90 Å². The van der Waals surface area contributed by atoms with Crippen LogP contribution in [0.1, 0.15) is 51.5 Å². The van der Waals surface area contributed by atoms with Crippen LogP contribution in [0.4, 0.5) is 5.82 Å². The van der Waals surface area contributed by atoms with Gasteiger partial charge < -0.3 is 10.4 Å². The zero-order chi connectivity index (χ0) is 20.1. The van der Waals surface area contributed by atoms with E-state index in [1.165, 1.54) is 0 Å². The van der Waals surface area contributed by atoms with Gasteiger partial charge in [-0.3, -0.25) is 4.90 Å². The highest BCUT2D eigenvalue weighted by molar-refractivity contribution is 6.31. The number of anilines is 1. The van der Waals surface area contributed by atoms with Crippen molar-refractivity contribution in [2.45, 2.75) is 52.4 Å². The fourth-order valence-electron chi connectivity index (χ4n) is 3.63. The Balaban J connectivity index is 1.68. The minimum absolute atomic E-state index is 0.148. The van der Waals surface area contributed by atoms with Crippen molar-refractivity contribution in [2.24, 2.45) is 10.4 Å². The Morgan fingerprint density at radius 3 is 2.68 bits per heavy atom. The van der Waals surface area contributed by atoms with E-state index in [0.717, 1.165) is 35.9 Å². The molecule has 1 aromatic heterocycles. The molecule has 0 amide bonds. The predicted molar refractivity (Wildman–Crippen MR) is 111 cm³/mol. The fraction of sp³-hybridized carbons (Fsp3) is 0.550. The number of nitrogens with one attached hydrogen (secondary N) is 1. The Bertz CT molecular complexity index is 914. The molecule has 0 saturated carbocycles. The zero-order valence-electron chi connectivity index (χ0n) is 16.8. The molecule has 0 bridgehead atoms. The van der Waals surface area contributed by atoms with Gasteiger partial charge in [-0.05, 0) is 25.0 Å². The summed E-state index contributed by atoms with van der Waals surface area (Å²) in [4.78, 5) is 8.81. The average Bonchev–Trinajstić information content (AvgIpc) is 3.17. The van der Waals surface area contributed by atoms with E-state index in [1.54, 1.807) is 4.80 Å². The zero-order valence-corrected chi connectivity index (χ0v) is 17.5. The summed E-state index contributed by atoms with van der Waals surface area (Å²) in [6.45, 7) is 10.1. The molecule has 0 radical (unpaired) electrons. The molecule has 2 aliphatic rings. The number of likely N-dealkylation sites (tertiary alicyclic amines) is 1. The second-order valence-corrected chi connectivity index (χ2v) is 9.41. The van der Waals surface area contributed by atoms with Crippen molar-refractivity contribution in [3.8, 4) is 0 Å². The van der Waals surface area contributed by atoms with Gasteiger partial charge in [0.2, 0.25) is 0 Å². The summed E-state index contributed by atoms with van der Waals surface area (Å²) < 4.78 is 0. The van der Waals surface area contributed by atoms with E-state index in [0.29, 0.717) is 18.1 Å². The third-order valence-electron chi connectivity index (χ3n) is 5.22. The summed E-state index contributed by atoms with van der Waals surface area (Å²) in [5.74, 6) is 1.60. The van der Waals surface area contributed by atoms with E-state index in [2.05, 4.69) is 36.1 Å². The molecule has 1 aromatic carbocycles. The Morgan fingerprint density at radius 1 is 1.29 bits per heavy atom. The van der Waals surface area contributed by atoms with Crippen LogP contribution in [0, 0.1) is 5.41 Å². The molecule has 0 aliphatic carbocycles. The summed E-state index contributed by atoms with van der Waals surface area (Å²) in [6, 6.07) is 7.71. The fourth-order valence-corrected chi connectivity index (χ4v) is 3.82. The molecule has 1 saturated heterocycles. The van der Waals surface area contributed by atoms with Gasteiger partial charge in [-0.25, -0.2) is 4.99 Å². The lowest BCUT2D eigenvalue weighted by Crippen LogP contribution is -2.38. The predicted octanol–water partition coefficient (Wildman–Crippen LogP) is 3.31. The van der Waals surface area contributed by atoms with Gasteiger partial charge in [-0.15, -0.1) is 5.10 Å². The van der Waals surface area contributed by atoms with Crippen molar-refractivity contribution in [1.29, 1.82) is 0 Å². The Morgan fingerprint density at radius 2 is 2.04 bits per heavy atom. The molecule has 7 nitrogen and oxygen atoms in total. The molecule has 1 unspecified atom stereocenters. The molecule has 2 atom stereocenters. The molecule has 2 N–H and O–H groups in total. The van der Waals surface area contributed by atoms with E-state index in [9.17, 15) is 5.11 Å². The van der Waals surface area contributed by atoms with Gasteiger partial charge >= 0.3 is 0 Å². The van der Waals surface area contributed by atoms with Crippen LogP contribution in [0.2, 0.25) is 5.02 Å². The number of hydrogen-bond donors (Lipinski definition) is 2. The van der Waals surface area contributed by atoms with Crippen LogP contribution < -0.4 is 5.32 Å².